The minimum absolute atomic E-state index is 0.199. The van der Waals surface area contributed by atoms with E-state index in [1.807, 2.05) is 24.3 Å². The fraction of sp³-hybridized carbons (Fsp3) is 0.235. The Hall–Kier alpha value is -2.69. The number of rotatable bonds is 4. The Morgan fingerprint density at radius 2 is 2.05 bits per heavy atom. The highest BCUT2D eigenvalue weighted by molar-refractivity contribution is 6.02. The van der Waals surface area contributed by atoms with Crippen molar-refractivity contribution >= 4 is 16.7 Å². The Kier molecular flexibility index (Phi) is 3.63. The lowest BCUT2D eigenvalue weighted by molar-refractivity contribution is 0.0696. The molecule has 0 aliphatic heterocycles. The number of aromatic carboxylic acids is 1. The molecule has 0 saturated heterocycles. The van der Waals surface area contributed by atoms with E-state index in [9.17, 15) is 9.90 Å². The summed E-state index contributed by atoms with van der Waals surface area (Å²) in [5.41, 5.74) is 1.58. The third-order valence-electron chi connectivity index (χ3n) is 3.96. The van der Waals surface area contributed by atoms with Crippen LogP contribution in [0.1, 0.15) is 42.2 Å². The molecule has 112 valence electrons. The Morgan fingerprint density at radius 3 is 2.77 bits per heavy atom. The minimum atomic E-state index is -0.983. The van der Waals surface area contributed by atoms with Gasteiger partial charge in [0.1, 0.15) is 5.69 Å². The van der Waals surface area contributed by atoms with Gasteiger partial charge in [-0.1, -0.05) is 44.2 Å². The average molecular weight is 295 g/mol. The van der Waals surface area contributed by atoms with Gasteiger partial charge < -0.3 is 5.11 Å². The Labute approximate surface area is 128 Å². The lowest BCUT2D eigenvalue weighted by atomic mass is 10.0. The molecule has 1 unspecified atom stereocenters. The molecule has 0 radical (unpaired) electrons. The van der Waals surface area contributed by atoms with Gasteiger partial charge in [0.05, 0.1) is 17.5 Å². The summed E-state index contributed by atoms with van der Waals surface area (Å²) in [5, 5.41) is 20.0. The maximum Gasteiger partial charge on any atom is 0.337 e. The molecule has 0 saturated carbocycles. The lowest BCUT2D eigenvalue weighted by Gasteiger charge is -2.09. The summed E-state index contributed by atoms with van der Waals surface area (Å²) in [6.07, 6.45) is 2.67. The first-order chi connectivity index (χ1) is 10.6. The zero-order valence-electron chi connectivity index (χ0n) is 12.5. The van der Waals surface area contributed by atoms with Crippen molar-refractivity contribution in [3.63, 3.8) is 0 Å². The Morgan fingerprint density at radius 1 is 1.27 bits per heavy atom. The Bertz CT molecular complexity index is 839. The van der Waals surface area contributed by atoms with Crippen LogP contribution < -0.4 is 0 Å². The first kappa shape index (κ1) is 14.3. The van der Waals surface area contributed by atoms with E-state index in [2.05, 4.69) is 24.0 Å². The van der Waals surface area contributed by atoms with Gasteiger partial charge in [-0.05, 0) is 17.9 Å². The van der Waals surface area contributed by atoms with Crippen molar-refractivity contribution in [2.75, 3.05) is 0 Å². The van der Waals surface area contributed by atoms with Crippen molar-refractivity contribution in [3.8, 4) is 5.69 Å². The van der Waals surface area contributed by atoms with Crippen molar-refractivity contribution in [1.29, 1.82) is 0 Å². The normalized spacial score (nSPS) is 12.5. The molecule has 0 fully saturated rings. The van der Waals surface area contributed by atoms with Crippen LogP contribution in [0, 0.1) is 0 Å². The fourth-order valence-electron chi connectivity index (χ4n) is 2.46. The van der Waals surface area contributed by atoms with Crippen LogP contribution in [0.3, 0.4) is 0 Å². The molecule has 0 bridgehead atoms. The van der Waals surface area contributed by atoms with E-state index < -0.39 is 5.97 Å². The number of benzene rings is 2. The standard InChI is InChI=1S/C17H17N3O2/c1-3-11(2)15-10-18-20(19-15)16-13-7-5-4-6-12(13)8-9-14(16)17(21)22/h4-11H,3H2,1-2H3,(H,21,22). The third-order valence-corrected chi connectivity index (χ3v) is 3.96. The van der Waals surface area contributed by atoms with Gasteiger partial charge in [0.15, 0.2) is 0 Å². The van der Waals surface area contributed by atoms with Crippen molar-refractivity contribution < 1.29 is 9.90 Å². The number of carbonyl (C=O) groups is 1. The van der Waals surface area contributed by atoms with Gasteiger partial charge in [0, 0.05) is 11.3 Å². The number of hydrogen-bond acceptors (Lipinski definition) is 3. The first-order valence-corrected chi connectivity index (χ1v) is 7.29. The van der Waals surface area contributed by atoms with Crippen LogP contribution in [0.5, 0.6) is 0 Å². The van der Waals surface area contributed by atoms with Crippen molar-refractivity contribution in [2.45, 2.75) is 26.2 Å². The summed E-state index contributed by atoms with van der Waals surface area (Å²) in [6.45, 7) is 4.17. The van der Waals surface area contributed by atoms with Crippen LogP contribution >= 0.6 is 0 Å². The summed E-state index contributed by atoms with van der Waals surface area (Å²) < 4.78 is 0. The van der Waals surface area contributed by atoms with E-state index >= 15 is 0 Å². The average Bonchev–Trinajstić information content (AvgIpc) is 3.02. The second-order valence-corrected chi connectivity index (χ2v) is 5.36. The third kappa shape index (κ3) is 2.35. The monoisotopic (exact) mass is 295 g/mol. The van der Waals surface area contributed by atoms with Gasteiger partial charge in [-0.3, -0.25) is 0 Å². The summed E-state index contributed by atoms with van der Waals surface area (Å²) in [5.74, 6) is -0.694. The largest absolute Gasteiger partial charge is 0.478 e. The van der Waals surface area contributed by atoms with Gasteiger partial charge in [-0.25, -0.2) is 4.79 Å². The van der Waals surface area contributed by atoms with Crippen LogP contribution in [-0.4, -0.2) is 26.1 Å². The quantitative estimate of drug-likeness (QED) is 0.798. The highest BCUT2D eigenvalue weighted by Gasteiger charge is 2.18. The van der Waals surface area contributed by atoms with Crippen molar-refractivity contribution in [3.05, 3.63) is 53.9 Å². The molecule has 0 amide bonds. The second kappa shape index (κ2) is 5.60. The van der Waals surface area contributed by atoms with E-state index in [-0.39, 0.29) is 11.5 Å². The van der Waals surface area contributed by atoms with Crippen molar-refractivity contribution in [2.24, 2.45) is 0 Å². The lowest BCUT2D eigenvalue weighted by Crippen LogP contribution is -2.09. The van der Waals surface area contributed by atoms with Gasteiger partial charge in [0.25, 0.3) is 0 Å². The smallest absolute Gasteiger partial charge is 0.337 e. The van der Waals surface area contributed by atoms with E-state index in [1.165, 1.54) is 4.80 Å². The molecule has 5 heteroatoms. The molecule has 1 N–H and O–H groups in total. The predicted octanol–water partition coefficient (Wildman–Crippen LogP) is 3.63. The van der Waals surface area contributed by atoms with Crippen LogP contribution in [0.4, 0.5) is 0 Å². The Balaban J connectivity index is 2.26. The fourth-order valence-corrected chi connectivity index (χ4v) is 2.46. The van der Waals surface area contributed by atoms with E-state index in [0.717, 1.165) is 22.9 Å². The number of fused-ring (bicyclic) bond motifs is 1. The summed E-state index contributed by atoms with van der Waals surface area (Å²) in [7, 11) is 0. The molecule has 3 aromatic rings. The molecule has 0 aliphatic rings. The number of hydrogen-bond donors (Lipinski definition) is 1. The molecule has 1 aromatic heterocycles. The van der Waals surface area contributed by atoms with Gasteiger partial charge in [0.2, 0.25) is 0 Å². The summed E-state index contributed by atoms with van der Waals surface area (Å²) >= 11 is 0. The molecule has 2 aromatic carbocycles. The molecule has 3 rings (SSSR count). The molecule has 1 heterocycles. The van der Waals surface area contributed by atoms with Crippen LogP contribution in [0.15, 0.2) is 42.6 Å². The van der Waals surface area contributed by atoms with Crippen molar-refractivity contribution in [1.82, 2.24) is 15.0 Å². The predicted molar refractivity (Wildman–Crippen MR) is 84.5 cm³/mol. The zero-order valence-corrected chi connectivity index (χ0v) is 12.5. The van der Waals surface area contributed by atoms with Gasteiger partial charge in [-0.15, -0.1) is 4.80 Å². The van der Waals surface area contributed by atoms with Crippen LogP contribution in [-0.2, 0) is 0 Å². The van der Waals surface area contributed by atoms with E-state index in [4.69, 9.17) is 0 Å². The second-order valence-electron chi connectivity index (χ2n) is 5.36. The topological polar surface area (TPSA) is 68.0 Å². The van der Waals surface area contributed by atoms with Gasteiger partial charge in [-0.2, -0.15) is 10.2 Å². The summed E-state index contributed by atoms with van der Waals surface area (Å²) in [4.78, 5) is 13.0. The summed E-state index contributed by atoms with van der Waals surface area (Å²) in [6, 6.07) is 11.1. The van der Waals surface area contributed by atoms with E-state index in [0.29, 0.717) is 5.69 Å². The van der Waals surface area contributed by atoms with Gasteiger partial charge >= 0.3 is 5.97 Å². The molecule has 0 spiro atoms. The SMILES string of the molecule is CCC(C)c1cnn(-c2c(C(=O)O)ccc3ccccc23)n1. The zero-order chi connectivity index (χ0) is 15.7. The number of carboxylic acid groups (broad SMARTS) is 1. The number of aromatic nitrogens is 3. The van der Waals surface area contributed by atoms with Crippen LogP contribution in [0.2, 0.25) is 0 Å². The first-order valence-electron chi connectivity index (χ1n) is 7.29. The number of nitrogens with zero attached hydrogens (tertiary/aromatic N) is 3. The van der Waals surface area contributed by atoms with Crippen LogP contribution in [0.25, 0.3) is 16.5 Å². The molecule has 22 heavy (non-hydrogen) atoms. The molecule has 5 nitrogen and oxygen atoms in total. The highest BCUT2D eigenvalue weighted by Crippen LogP contribution is 2.26. The molecule has 1 atom stereocenters. The van der Waals surface area contributed by atoms with E-state index in [1.54, 1.807) is 18.3 Å². The molecular weight excluding hydrogens is 278 g/mol. The maximum atomic E-state index is 11.6. The maximum absolute atomic E-state index is 11.6. The minimum Gasteiger partial charge on any atom is -0.478 e. The highest BCUT2D eigenvalue weighted by atomic mass is 16.4. The molecular formula is C17H17N3O2. The molecule has 0 aliphatic carbocycles. The number of carboxylic acids is 1.